The van der Waals surface area contributed by atoms with E-state index in [4.69, 9.17) is 4.42 Å². The molecule has 118 valence electrons. The molecule has 0 unspecified atom stereocenters. The van der Waals surface area contributed by atoms with Crippen molar-refractivity contribution in [3.05, 3.63) is 65.0 Å². The highest BCUT2D eigenvalue weighted by Gasteiger charge is 2.11. The fraction of sp³-hybridized carbons (Fsp3) is 0. The van der Waals surface area contributed by atoms with Gasteiger partial charge >= 0.3 is 0 Å². The van der Waals surface area contributed by atoms with Crippen molar-refractivity contribution in [1.29, 1.82) is 0 Å². The third-order valence-corrected chi connectivity index (χ3v) is 3.45. The van der Waals surface area contributed by atoms with Gasteiger partial charge in [0.25, 0.3) is 11.5 Å². The molecule has 4 rings (SSSR count). The number of benzene rings is 1. The van der Waals surface area contributed by atoms with Crippen LogP contribution in [0, 0.1) is 0 Å². The van der Waals surface area contributed by atoms with Gasteiger partial charge in [-0.3, -0.25) is 14.7 Å². The minimum atomic E-state index is -0.358. The Labute approximate surface area is 134 Å². The van der Waals surface area contributed by atoms with Crippen molar-refractivity contribution < 1.29 is 9.21 Å². The van der Waals surface area contributed by atoms with Crippen molar-refractivity contribution in [3.63, 3.8) is 0 Å². The van der Waals surface area contributed by atoms with Crippen LogP contribution >= 0.6 is 0 Å². The Morgan fingerprint density at radius 3 is 2.96 bits per heavy atom. The minimum Gasteiger partial charge on any atom is -0.459 e. The monoisotopic (exact) mass is 321 g/mol. The van der Waals surface area contributed by atoms with Gasteiger partial charge in [0.1, 0.15) is 16.9 Å². The Kier molecular flexibility index (Phi) is 3.20. The molecule has 0 saturated heterocycles. The number of carbonyl (C=O) groups is 1. The van der Waals surface area contributed by atoms with E-state index in [2.05, 4.69) is 25.5 Å². The largest absolute Gasteiger partial charge is 0.459 e. The molecule has 0 aliphatic rings. The Balaban J connectivity index is 1.68. The molecule has 3 heterocycles. The van der Waals surface area contributed by atoms with Crippen LogP contribution in [0.2, 0.25) is 0 Å². The summed E-state index contributed by atoms with van der Waals surface area (Å²) in [5, 5.41) is 9.13. The van der Waals surface area contributed by atoms with Crippen LogP contribution in [0.4, 0.5) is 5.69 Å². The van der Waals surface area contributed by atoms with Crippen molar-refractivity contribution in [3.8, 4) is 11.4 Å². The Bertz CT molecular complexity index is 1080. The molecule has 0 spiro atoms. The van der Waals surface area contributed by atoms with E-state index in [9.17, 15) is 9.59 Å². The van der Waals surface area contributed by atoms with E-state index in [1.807, 2.05) is 0 Å². The molecule has 8 heteroatoms. The Hall–Kier alpha value is -3.68. The molecule has 0 aliphatic carbocycles. The smallest absolute Gasteiger partial charge is 0.291 e. The molecule has 3 aromatic heterocycles. The number of furan rings is 1. The molecule has 8 nitrogen and oxygen atoms in total. The molecular weight excluding hydrogens is 310 g/mol. The van der Waals surface area contributed by atoms with E-state index < -0.39 is 0 Å². The molecule has 24 heavy (non-hydrogen) atoms. The maximum atomic E-state index is 12.0. The van der Waals surface area contributed by atoms with E-state index >= 15 is 0 Å². The number of aromatic amines is 2. The van der Waals surface area contributed by atoms with Crippen molar-refractivity contribution in [2.45, 2.75) is 0 Å². The number of nitrogens with zero attached hydrogens (tertiary/aromatic N) is 2. The summed E-state index contributed by atoms with van der Waals surface area (Å²) in [5.74, 6) is 0.249. The summed E-state index contributed by atoms with van der Waals surface area (Å²) < 4.78 is 5.06. The SMILES string of the molecule is O=C(Nc1cccc(-c2nc3cn[nH]c3c(=O)[nH]2)c1)c1ccco1. The number of aromatic nitrogens is 4. The summed E-state index contributed by atoms with van der Waals surface area (Å²) in [6.45, 7) is 0. The highest BCUT2D eigenvalue weighted by molar-refractivity contribution is 6.02. The second kappa shape index (κ2) is 5.51. The van der Waals surface area contributed by atoms with Gasteiger partial charge in [0.05, 0.1) is 12.5 Å². The average molecular weight is 321 g/mol. The molecular formula is C16H11N5O3. The average Bonchev–Trinajstić information content (AvgIpc) is 3.27. The Morgan fingerprint density at radius 2 is 2.12 bits per heavy atom. The van der Waals surface area contributed by atoms with E-state index in [1.165, 1.54) is 12.5 Å². The van der Waals surface area contributed by atoms with E-state index in [1.54, 1.807) is 36.4 Å². The summed E-state index contributed by atoms with van der Waals surface area (Å²) in [6.07, 6.45) is 2.91. The van der Waals surface area contributed by atoms with Gasteiger partial charge in [-0.2, -0.15) is 5.10 Å². The van der Waals surface area contributed by atoms with Crippen molar-refractivity contribution >= 4 is 22.6 Å². The first-order valence-corrected chi connectivity index (χ1v) is 7.09. The number of fused-ring (bicyclic) bond motifs is 1. The van der Waals surface area contributed by atoms with Crippen LogP contribution in [-0.4, -0.2) is 26.1 Å². The molecule has 0 fully saturated rings. The lowest BCUT2D eigenvalue weighted by atomic mass is 10.2. The second-order valence-electron chi connectivity index (χ2n) is 5.06. The lowest BCUT2D eigenvalue weighted by molar-refractivity contribution is 0.0996. The zero-order chi connectivity index (χ0) is 16.5. The molecule has 0 radical (unpaired) electrons. The van der Waals surface area contributed by atoms with Gasteiger partial charge in [0.15, 0.2) is 5.76 Å². The molecule has 1 amide bonds. The van der Waals surface area contributed by atoms with Crippen LogP contribution in [0.1, 0.15) is 10.6 Å². The third-order valence-electron chi connectivity index (χ3n) is 3.45. The van der Waals surface area contributed by atoms with Gasteiger partial charge in [-0.05, 0) is 24.3 Å². The highest BCUT2D eigenvalue weighted by atomic mass is 16.3. The van der Waals surface area contributed by atoms with E-state index in [0.29, 0.717) is 28.1 Å². The first kappa shape index (κ1) is 13.9. The van der Waals surface area contributed by atoms with Crippen molar-refractivity contribution in [2.75, 3.05) is 5.32 Å². The fourth-order valence-electron chi connectivity index (χ4n) is 2.33. The number of hydrogen-bond acceptors (Lipinski definition) is 5. The third kappa shape index (κ3) is 2.45. The molecule has 0 bridgehead atoms. The predicted molar refractivity (Wildman–Crippen MR) is 86.6 cm³/mol. The maximum Gasteiger partial charge on any atom is 0.291 e. The molecule has 3 N–H and O–H groups in total. The van der Waals surface area contributed by atoms with E-state index in [-0.39, 0.29) is 17.2 Å². The predicted octanol–water partition coefficient (Wildman–Crippen LogP) is 2.16. The second-order valence-corrected chi connectivity index (χ2v) is 5.06. The molecule has 0 atom stereocenters. The van der Waals surface area contributed by atoms with Gasteiger partial charge in [-0.15, -0.1) is 0 Å². The number of carbonyl (C=O) groups excluding carboxylic acids is 1. The van der Waals surface area contributed by atoms with Crippen molar-refractivity contribution in [1.82, 2.24) is 20.2 Å². The molecule has 0 saturated carbocycles. The number of anilines is 1. The van der Waals surface area contributed by atoms with Crippen LogP contribution < -0.4 is 10.9 Å². The summed E-state index contributed by atoms with van der Waals surface area (Å²) >= 11 is 0. The lowest BCUT2D eigenvalue weighted by Crippen LogP contribution is -2.11. The summed E-state index contributed by atoms with van der Waals surface area (Å²) in [7, 11) is 0. The molecule has 0 aliphatic heterocycles. The van der Waals surface area contributed by atoms with E-state index in [0.717, 1.165) is 0 Å². The highest BCUT2D eigenvalue weighted by Crippen LogP contribution is 2.20. The minimum absolute atomic E-state index is 0.215. The zero-order valence-corrected chi connectivity index (χ0v) is 12.2. The summed E-state index contributed by atoms with van der Waals surface area (Å²) in [5.41, 5.74) is 1.70. The standard InChI is InChI=1S/C16H11N5O3/c22-15(12-5-2-6-24-12)18-10-4-1-3-9(7-10)14-19-11-8-17-21-13(11)16(23)20-14/h1-8H,(H,17,21)(H,18,22)(H,19,20,23). The lowest BCUT2D eigenvalue weighted by Gasteiger charge is -2.06. The number of nitrogens with one attached hydrogen (secondary N) is 3. The normalized spacial score (nSPS) is 10.8. The number of amides is 1. The molecule has 1 aromatic carbocycles. The van der Waals surface area contributed by atoms with Crippen LogP contribution in [0.5, 0.6) is 0 Å². The van der Waals surface area contributed by atoms with Gasteiger partial charge in [-0.1, -0.05) is 12.1 Å². The van der Waals surface area contributed by atoms with Gasteiger partial charge in [0, 0.05) is 11.3 Å². The van der Waals surface area contributed by atoms with Gasteiger partial charge < -0.3 is 14.7 Å². The van der Waals surface area contributed by atoms with Crippen LogP contribution in [0.3, 0.4) is 0 Å². The van der Waals surface area contributed by atoms with Gasteiger partial charge in [0.2, 0.25) is 0 Å². The topological polar surface area (TPSA) is 117 Å². The van der Waals surface area contributed by atoms with Crippen molar-refractivity contribution in [2.24, 2.45) is 0 Å². The van der Waals surface area contributed by atoms with Crippen LogP contribution in [-0.2, 0) is 0 Å². The van der Waals surface area contributed by atoms with Crippen LogP contribution in [0.25, 0.3) is 22.4 Å². The number of hydrogen-bond donors (Lipinski definition) is 3. The first-order chi connectivity index (χ1) is 11.7. The van der Waals surface area contributed by atoms with Crippen LogP contribution in [0.15, 0.2) is 58.1 Å². The van der Waals surface area contributed by atoms with Gasteiger partial charge in [-0.25, -0.2) is 4.98 Å². The first-order valence-electron chi connectivity index (χ1n) is 7.09. The zero-order valence-electron chi connectivity index (χ0n) is 12.2. The number of rotatable bonds is 3. The summed E-state index contributed by atoms with van der Waals surface area (Å²) in [6, 6.07) is 10.2. The number of H-pyrrole nitrogens is 2. The summed E-state index contributed by atoms with van der Waals surface area (Å²) in [4.78, 5) is 31.1. The fourth-order valence-corrected chi connectivity index (χ4v) is 2.33. The quantitative estimate of drug-likeness (QED) is 0.534. The Morgan fingerprint density at radius 1 is 1.21 bits per heavy atom. The maximum absolute atomic E-state index is 12.0. The molecule has 4 aromatic rings.